The highest BCUT2D eigenvalue weighted by atomic mass is 79.9. The Morgan fingerprint density at radius 1 is 1.24 bits per heavy atom. The van der Waals surface area contributed by atoms with Crippen molar-refractivity contribution in [3.05, 3.63) is 48.0 Å². The Morgan fingerprint density at radius 3 is 2.59 bits per heavy atom. The number of anilines is 1. The zero-order valence-corrected chi connectivity index (χ0v) is 13.8. The summed E-state index contributed by atoms with van der Waals surface area (Å²) in [6.07, 6.45) is 0. The van der Waals surface area contributed by atoms with E-state index < -0.39 is 0 Å². The summed E-state index contributed by atoms with van der Waals surface area (Å²) in [5.74, 6) is 0. The van der Waals surface area contributed by atoms with E-state index in [1.165, 1.54) is 10.4 Å². The fraction of sp³-hybridized carbons (Fsp3) is 0.167. The number of benzene rings is 1. The Kier molecular flexibility index (Phi) is 4.53. The lowest BCUT2D eigenvalue weighted by molar-refractivity contribution is 1.19. The van der Waals surface area contributed by atoms with Crippen LogP contribution in [0.2, 0.25) is 4.34 Å². The summed E-state index contributed by atoms with van der Waals surface area (Å²) in [7, 11) is 0. The van der Waals surface area contributed by atoms with Gasteiger partial charge in [-0.2, -0.15) is 0 Å². The van der Waals surface area contributed by atoms with Crippen LogP contribution in [0.3, 0.4) is 0 Å². The summed E-state index contributed by atoms with van der Waals surface area (Å²) >= 11 is 14.5. The minimum absolute atomic E-state index is 0.784. The summed E-state index contributed by atoms with van der Waals surface area (Å²) < 4.78 is 2.85. The fourth-order valence-electron chi connectivity index (χ4n) is 1.51. The first-order chi connectivity index (χ1) is 8.04. The summed E-state index contributed by atoms with van der Waals surface area (Å²) in [5, 5.41) is 3.38. The van der Waals surface area contributed by atoms with Crippen LogP contribution in [-0.2, 0) is 6.54 Å². The van der Waals surface area contributed by atoms with E-state index in [1.807, 2.05) is 6.07 Å². The van der Waals surface area contributed by atoms with Crippen LogP contribution in [0.4, 0.5) is 5.69 Å². The van der Waals surface area contributed by atoms with E-state index in [0.29, 0.717) is 0 Å². The Balaban J connectivity index is 2.07. The second kappa shape index (κ2) is 5.74. The van der Waals surface area contributed by atoms with Crippen LogP contribution in [0, 0.1) is 6.92 Å². The highest BCUT2D eigenvalue weighted by Gasteiger charge is 2.04. The fourth-order valence-corrected chi connectivity index (χ4v) is 3.84. The lowest BCUT2D eigenvalue weighted by atomic mass is 10.2. The first-order valence-corrected chi connectivity index (χ1v) is 7.77. The molecule has 0 bridgehead atoms. The summed E-state index contributed by atoms with van der Waals surface area (Å²) in [6, 6.07) is 8.32. The van der Waals surface area contributed by atoms with E-state index in [4.69, 9.17) is 11.6 Å². The molecular weight excluding hydrogens is 385 g/mol. The molecule has 2 aromatic rings. The molecule has 1 nitrogen and oxygen atoms in total. The van der Waals surface area contributed by atoms with Crippen molar-refractivity contribution in [2.75, 3.05) is 5.32 Å². The van der Waals surface area contributed by atoms with Crippen molar-refractivity contribution in [3.63, 3.8) is 0 Å². The molecule has 90 valence electrons. The molecule has 1 N–H and O–H groups in total. The smallest absolute Gasteiger partial charge is 0.107 e. The Labute approximate surface area is 126 Å². The molecule has 1 heterocycles. The van der Waals surface area contributed by atoms with Crippen LogP contribution in [0.25, 0.3) is 0 Å². The van der Waals surface area contributed by atoms with Crippen molar-refractivity contribution < 1.29 is 0 Å². The molecule has 0 aliphatic rings. The number of rotatable bonds is 3. The third kappa shape index (κ3) is 3.71. The van der Waals surface area contributed by atoms with Gasteiger partial charge in [0.1, 0.15) is 4.34 Å². The molecular formula is C12H10Br2ClNS. The summed E-state index contributed by atoms with van der Waals surface area (Å²) in [5.41, 5.74) is 2.34. The predicted molar refractivity (Wildman–Crippen MR) is 83.2 cm³/mol. The maximum absolute atomic E-state index is 6.00. The SMILES string of the molecule is Cc1cc(Br)cc(NCc2cc(Br)c(Cl)s2)c1. The third-order valence-corrected chi connectivity index (χ3v) is 5.14. The van der Waals surface area contributed by atoms with Crippen molar-refractivity contribution in [1.29, 1.82) is 0 Å². The predicted octanol–water partition coefficient (Wildman–Crippen LogP) is 5.85. The van der Waals surface area contributed by atoms with Gasteiger partial charge >= 0.3 is 0 Å². The minimum atomic E-state index is 0.784. The normalized spacial score (nSPS) is 10.6. The van der Waals surface area contributed by atoms with Gasteiger partial charge in [-0.3, -0.25) is 0 Å². The van der Waals surface area contributed by atoms with Gasteiger partial charge in [0.05, 0.1) is 0 Å². The lowest BCUT2D eigenvalue weighted by Crippen LogP contribution is -1.97. The van der Waals surface area contributed by atoms with Gasteiger partial charge in [-0.05, 0) is 52.7 Å². The highest BCUT2D eigenvalue weighted by molar-refractivity contribution is 9.10. The average Bonchev–Trinajstić information content (AvgIpc) is 2.54. The van der Waals surface area contributed by atoms with Crippen LogP contribution in [0.1, 0.15) is 10.4 Å². The van der Waals surface area contributed by atoms with Crippen LogP contribution in [0.5, 0.6) is 0 Å². The second-order valence-corrected chi connectivity index (χ2v) is 7.21. The van der Waals surface area contributed by atoms with Gasteiger partial charge in [0.15, 0.2) is 0 Å². The molecule has 0 aliphatic carbocycles. The molecule has 0 unspecified atom stereocenters. The third-order valence-electron chi connectivity index (χ3n) is 2.21. The topological polar surface area (TPSA) is 12.0 Å². The van der Waals surface area contributed by atoms with Crippen LogP contribution in [0.15, 0.2) is 33.2 Å². The molecule has 0 radical (unpaired) electrons. The van der Waals surface area contributed by atoms with E-state index in [0.717, 1.165) is 25.5 Å². The molecule has 2 rings (SSSR count). The molecule has 1 aromatic heterocycles. The van der Waals surface area contributed by atoms with Crippen LogP contribution >= 0.6 is 54.8 Å². The molecule has 0 amide bonds. The number of thiophene rings is 1. The van der Waals surface area contributed by atoms with Crippen molar-refractivity contribution in [3.8, 4) is 0 Å². The molecule has 5 heteroatoms. The van der Waals surface area contributed by atoms with Crippen molar-refractivity contribution >= 4 is 60.5 Å². The van der Waals surface area contributed by atoms with Crippen LogP contribution in [-0.4, -0.2) is 0 Å². The second-order valence-electron chi connectivity index (χ2n) is 3.71. The Morgan fingerprint density at radius 2 is 2.00 bits per heavy atom. The number of halogens is 3. The van der Waals surface area contributed by atoms with E-state index in [1.54, 1.807) is 11.3 Å². The standard InChI is InChI=1S/C12H10Br2ClNS/c1-7-2-8(13)4-9(3-7)16-6-10-5-11(14)12(15)17-10/h2-5,16H,6H2,1H3. The number of hydrogen-bond donors (Lipinski definition) is 1. The lowest BCUT2D eigenvalue weighted by Gasteiger charge is -2.06. The van der Waals surface area contributed by atoms with Crippen molar-refractivity contribution in [1.82, 2.24) is 0 Å². The first kappa shape index (κ1) is 13.4. The Hall–Kier alpha value is -0.0300. The number of hydrogen-bond acceptors (Lipinski definition) is 2. The molecule has 0 atom stereocenters. The van der Waals surface area contributed by atoms with Crippen LogP contribution < -0.4 is 5.32 Å². The maximum atomic E-state index is 6.00. The van der Waals surface area contributed by atoms with E-state index in [2.05, 4.69) is 62.3 Å². The average molecular weight is 396 g/mol. The van der Waals surface area contributed by atoms with Gasteiger partial charge in [0.2, 0.25) is 0 Å². The van der Waals surface area contributed by atoms with Crippen molar-refractivity contribution in [2.24, 2.45) is 0 Å². The highest BCUT2D eigenvalue weighted by Crippen LogP contribution is 2.32. The molecule has 0 fully saturated rings. The van der Waals surface area contributed by atoms with Gasteiger partial charge in [0.25, 0.3) is 0 Å². The van der Waals surface area contributed by atoms with Gasteiger partial charge in [-0.1, -0.05) is 27.5 Å². The van der Waals surface area contributed by atoms with E-state index >= 15 is 0 Å². The molecule has 0 spiro atoms. The zero-order valence-electron chi connectivity index (χ0n) is 9.06. The molecule has 0 saturated heterocycles. The van der Waals surface area contributed by atoms with E-state index in [9.17, 15) is 0 Å². The first-order valence-electron chi connectivity index (χ1n) is 4.99. The van der Waals surface area contributed by atoms with Gasteiger partial charge in [0, 0.05) is 26.1 Å². The van der Waals surface area contributed by atoms with Gasteiger partial charge in [-0.15, -0.1) is 11.3 Å². The van der Waals surface area contributed by atoms with Gasteiger partial charge < -0.3 is 5.32 Å². The quantitative estimate of drug-likeness (QED) is 0.688. The minimum Gasteiger partial charge on any atom is -0.380 e. The zero-order chi connectivity index (χ0) is 12.4. The maximum Gasteiger partial charge on any atom is 0.107 e. The molecule has 0 saturated carbocycles. The molecule has 17 heavy (non-hydrogen) atoms. The number of nitrogens with one attached hydrogen (secondary N) is 1. The summed E-state index contributed by atoms with van der Waals surface area (Å²) in [6.45, 7) is 2.86. The van der Waals surface area contributed by atoms with Gasteiger partial charge in [-0.25, -0.2) is 0 Å². The monoisotopic (exact) mass is 393 g/mol. The number of aryl methyl sites for hydroxylation is 1. The molecule has 0 aliphatic heterocycles. The Bertz CT molecular complexity index is 500. The largest absolute Gasteiger partial charge is 0.380 e. The van der Waals surface area contributed by atoms with E-state index in [-0.39, 0.29) is 0 Å². The summed E-state index contributed by atoms with van der Waals surface area (Å²) in [4.78, 5) is 1.21. The molecule has 1 aromatic carbocycles. The van der Waals surface area contributed by atoms with Crippen molar-refractivity contribution in [2.45, 2.75) is 13.5 Å².